The number of imidazole rings is 2. The molecule has 0 radical (unpaired) electrons. The van der Waals surface area contributed by atoms with E-state index in [2.05, 4.69) is 30.7 Å². The average Bonchev–Trinajstić information content (AvgIpc) is 4.00. The molecule has 14 nitrogen and oxygen atoms in total. The van der Waals surface area contributed by atoms with Gasteiger partial charge in [-0.05, 0) is 74.3 Å². The van der Waals surface area contributed by atoms with Crippen molar-refractivity contribution in [1.82, 2.24) is 40.6 Å². The predicted octanol–water partition coefficient (Wildman–Crippen LogP) is 7.10. The van der Waals surface area contributed by atoms with E-state index >= 15 is 4.39 Å². The Hall–Kier alpha value is -5.73. The molecule has 2 aromatic heterocycles. The van der Waals surface area contributed by atoms with E-state index in [1.165, 1.54) is 25.3 Å². The summed E-state index contributed by atoms with van der Waals surface area (Å²) in [6.45, 7) is 7.97. The number of carbonyl (C=O) groups is 4. The number of methoxy groups -OCH3 is 2. The van der Waals surface area contributed by atoms with Crippen molar-refractivity contribution in [1.29, 1.82) is 0 Å². The first-order chi connectivity index (χ1) is 26.9. The van der Waals surface area contributed by atoms with E-state index in [1.54, 1.807) is 23.4 Å². The molecule has 56 heavy (non-hydrogen) atoms. The van der Waals surface area contributed by atoms with Crippen LogP contribution in [-0.2, 0) is 19.1 Å². The Morgan fingerprint density at radius 3 is 2.14 bits per heavy atom. The molecule has 6 rings (SSSR count). The van der Waals surface area contributed by atoms with Crippen molar-refractivity contribution < 1.29 is 33.0 Å². The number of hydrogen-bond acceptors (Lipinski definition) is 8. The molecule has 2 fully saturated rings. The number of benzene rings is 2. The van der Waals surface area contributed by atoms with Crippen molar-refractivity contribution in [2.75, 3.05) is 20.8 Å². The monoisotopic (exact) mass is 770 g/mol. The number of H-pyrrole nitrogens is 2. The minimum atomic E-state index is -0.715. The lowest BCUT2D eigenvalue weighted by molar-refractivity contribution is -0.142. The number of alkyl carbamates (subject to hydrolysis) is 1. The quantitative estimate of drug-likeness (QED) is 0.124. The average molecular weight is 771 g/mol. The largest absolute Gasteiger partial charge is 0.453 e. The van der Waals surface area contributed by atoms with Crippen LogP contribution in [0.1, 0.15) is 89.8 Å². The molecule has 4 aromatic rings. The van der Waals surface area contributed by atoms with Crippen molar-refractivity contribution in [3.8, 4) is 33.6 Å². The zero-order valence-corrected chi connectivity index (χ0v) is 32.7. The maximum Gasteiger partial charge on any atom is 0.425 e. The van der Waals surface area contributed by atoms with Crippen molar-refractivity contribution in [3.05, 3.63) is 72.3 Å². The summed E-state index contributed by atoms with van der Waals surface area (Å²) in [6.07, 6.45) is 6.74. The first-order valence-corrected chi connectivity index (χ1v) is 19.2. The number of nitrogens with one attached hydrogen (secondary N) is 4. The van der Waals surface area contributed by atoms with Gasteiger partial charge in [-0.2, -0.15) is 0 Å². The van der Waals surface area contributed by atoms with Crippen LogP contribution >= 0.6 is 0 Å². The second-order valence-corrected chi connectivity index (χ2v) is 15.1. The number of carbonyl (C=O) groups excluding carboxylic acids is 4. The highest BCUT2D eigenvalue weighted by atomic mass is 19.1. The van der Waals surface area contributed by atoms with Crippen LogP contribution in [0.3, 0.4) is 0 Å². The maximum atomic E-state index is 15.8. The fourth-order valence-corrected chi connectivity index (χ4v) is 7.78. The van der Waals surface area contributed by atoms with Gasteiger partial charge >= 0.3 is 12.2 Å². The summed E-state index contributed by atoms with van der Waals surface area (Å²) < 4.78 is 25.2. The lowest BCUT2D eigenvalue weighted by Gasteiger charge is -2.35. The predicted molar refractivity (Wildman–Crippen MR) is 207 cm³/mol. The van der Waals surface area contributed by atoms with Gasteiger partial charge in [-0.1, -0.05) is 57.0 Å². The standard InChI is InChI=1S/C41H51FN8O6/c1-23(2)35(47-40(53)55-5)39(52)49-19-9-12-34(49)37-44-21-32(45-37)26-15-13-25(14-16-26)27-17-18-30(31(42)20-27)33-22-43-36(46-33)28-10-7-8-11-29(28)38(51)50(24(3)4)48-41(54)56-6/h13-18,20-24,28-29,34-35H,7-12,19H2,1-6H3,(H,43,46)(H,44,45)(H,47,53)(H,48,54)/t28?,29?,34-,35-/m0/s1. The third-order valence-electron chi connectivity index (χ3n) is 10.8. The molecule has 0 spiro atoms. The Bertz CT molecular complexity index is 2030. The van der Waals surface area contributed by atoms with Crippen LogP contribution in [0.5, 0.6) is 0 Å². The molecule has 15 heteroatoms. The summed E-state index contributed by atoms with van der Waals surface area (Å²) in [5.41, 5.74) is 6.62. The smallest absolute Gasteiger partial charge is 0.425 e. The normalized spacial score (nSPS) is 18.8. The number of likely N-dealkylation sites (tertiary alicyclic amines) is 1. The summed E-state index contributed by atoms with van der Waals surface area (Å²) in [4.78, 5) is 68.8. The Kier molecular flexibility index (Phi) is 12.4. The topological polar surface area (TPSA) is 175 Å². The molecule has 2 aromatic carbocycles. The van der Waals surface area contributed by atoms with Crippen LogP contribution in [0.4, 0.5) is 14.0 Å². The minimum absolute atomic E-state index is 0.129. The van der Waals surface area contributed by atoms with Gasteiger partial charge in [-0.15, -0.1) is 0 Å². The number of aromatic nitrogens is 4. The number of nitrogens with zero attached hydrogens (tertiary/aromatic N) is 4. The lowest BCUT2D eigenvalue weighted by Crippen LogP contribution is -2.53. The fourth-order valence-electron chi connectivity index (χ4n) is 7.78. The third-order valence-corrected chi connectivity index (χ3v) is 10.8. The van der Waals surface area contributed by atoms with Crippen molar-refractivity contribution in [3.63, 3.8) is 0 Å². The van der Waals surface area contributed by atoms with Crippen molar-refractivity contribution >= 4 is 24.0 Å². The molecular weight excluding hydrogens is 719 g/mol. The van der Waals surface area contributed by atoms with Gasteiger partial charge < -0.3 is 29.7 Å². The van der Waals surface area contributed by atoms with Crippen LogP contribution < -0.4 is 10.7 Å². The van der Waals surface area contributed by atoms with Gasteiger partial charge in [0.1, 0.15) is 23.5 Å². The SMILES string of the molecule is COC(=O)N[C@H](C(=O)N1CCC[C@H]1c1ncc(-c2ccc(-c3ccc(-c4cnc(C5CCCCC5C(=O)N(NC(=O)OC)C(C)C)[nH]4)c(F)c3)cc2)[nH]1)C(C)C. The molecular formula is C41H51FN8O6. The van der Waals surface area contributed by atoms with Gasteiger partial charge in [0.25, 0.3) is 0 Å². The molecule has 1 saturated heterocycles. The molecule has 1 aliphatic heterocycles. The zero-order chi connectivity index (χ0) is 40.1. The first-order valence-electron chi connectivity index (χ1n) is 19.2. The molecule has 2 unspecified atom stereocenters. The van der Waals surface area contributed by atoms with E-state index in [9.17, 15) is 19.2 Å². The Balaban J connectivity index is 1.14. The summed E-state index contributed by atoms with van der Waals surface area (Å²) in [7, 11) is 2.53. The van der Waals surface area contributed by atoms with Gasteiger partial charge in [0.05, 0.1) is 44.0 Å². The maximum absolute atomic E-state index is 15.8. The van der Waals surface area contributed by atoms with Crippen LogP contribution in [0.2, 0.25) is 0 Å². The van der Waals surface area contributed by atoms with Crippen molar-refractivity contribution in [2.45, 2.75) is 90.3 Å². The molecule has 0 bridgehead atoms. The number of rotatable bonds is 10. The molecule has 4 N–H and O–H groups in total. The van der Waals surface area contributed by atoms with Gasteiger partial charge in [0, 0.05) is 30.0 Å². The van der Waals surface area contributed by atoms with Crippen LogP contribution in [0.15, 0.2) is 54.9 Å². The van der Waals surface area contributed by atoms with E-state index in [0.717, 1.165) is 48.9 Å². The minimum Gasteiger partial charge on any atom is -0.453 e. The molecule has 1 saturated carbocycles. The highest BCUT2D eigenvalue weighted by molar-refractivity contribution is 5.86. The Morgan fingerprint density at radius 1 is 0.821 bits per heavy atom. The highest BCUT2D eigenvalue weighted by Crippen LogP contribution is 2.39. The molecule has 3 heterocycles. The lowest BCUT2D eigenvalue weighted by atomic mass is 9.78. The van der Waals surface area contributed by atoms with Gasteiger partial charge in [0.2, 0.25) is 11.8 Å². The second-order valence-electron chi connectivity index (χ2n) is 15.1. The summed E-state index contributed by atoms with van der Waals surface area (Å²) >= 11 is 0. The number of halogens is 1. The van der Waals surface area contributed by atoms with E-state index in [-0.39, 0.29) is 35.7 Å². The van der Waals surface area contributed by atoms with Gasteiger partial charge in [-0.25, -0.2) is 34.4 Å². The molecule has 4 amide bonds. The number of hydrogen-bond donors (Lipinski definition) is 4. The third kappa shape index (κ3) is 8.56. The first kappa shape index (κ1) is 39.9. The molecule has 1 aliphatic carbocycles. The Morgan fingerprint density at radius 2 is 1.46 bits per heavy atom. The summed E-state index contributed by atoms with van der Waals surface area (Å²) in [6, 6.07) is 11.6. The second kappa shape index (κ2) is 17.4. The van der Waals surface area contributed by atoms with Crippen LogP contribution in [0, 0.1) is 17.7 Å². The van der Waals surface area contributed by atoms with E-state index < -0.39 is 30.0 Å². The number of ether oxygens (including phenoxy) is 2. The van der Waals surface area contributed by atoms with Gasteiger partial charge in [-0.3, -0.25) is 9.59 Å². The molecule has 2 aliphatic rings. The molecule has 4 atom stereocenters. The summed E-state index contributed by atoms with van der Waals surface area (Å²) in [5, 5.41) is 3.99. The van der Waals surface area contributed by atoms with Gasteiger partial charge in [0.15, 0.2) is 0 Å². The molecule has 298 valence electrons. The number of hydrazine groups is 1. The van der Waals surface area contributed by atoms with E-state index in [4.69, 9.17) is 9.47 Å². The summed E-state index contributed by atoms with van der Waals surface area (Å²) in [5.74, 6) is -0.261. The number of amides is 4. The van der Waals surface area contributed by atoms with E-state index in [0.29, 0.717) is 41.4 Å². The van der Waals surface area contributed by atoms with Crippen molar-refractivity contribution in [2.24, 2.45) is 11.8 Å². The highest BCUT2D eigenvalue weighted by Gasteiger charge is 2.39. The van der Waals surface area contributed by atoms with Crippen LogP contribution in [0.25, 0.3) is 33.6 Å². The van der Waals surface area contributed by atoms with Crippen LogP contribution in [-0.4, -0.2) is 86.7 Å². The zero-order valence-electron chi connectivity index (χ0n) is 32.7. The number of aromatic amines is 2. The fraction of sp³-hybridized carbons (Fsp3) is 0.463. The Labute approximate surface area is 325 Å². The van der Waals surface area contributed by atoms with E-state index in [1.807, 2.05) is 58.0 Å².